The highest BCUT2D eigenvalue weighted by Gasteiger charge is 2.49. The van der Waals surface area contributed by atoms with Gasteiger partial charge in [-0.25, -0.2) is 4.79 Å². The van der Waals surface area contributed by atoms with Gasteiger partial charge in [0.05, 0.1) is 52.9 Å². The first kappa shape index (κ1) is 26.3. The van der Waals surface area contributed by atoms with Gasteiger partial charge in [-0.3, -0.25) is 0 Å². The Morgan fingerprint density at radius 3 is 2.10 bits per heavy atom. The van der Waals surface area contributed by atoms with Gasteiger partial charge >= 0.3 is 5.97 Å². The maximum Gasteiger partial charge on any atom is 0.342 e. The summed E-state index contributed by atoms with van der Waals surface area (Å²) in [5.74, 6) is -0.852. The lowest BCUT2D eigenvalue weighted by Crippen LogP contribution is -2.30. The quantitative estimate of drug-likeness (QED) is 0.305. The number of carbonyl (C=O) groups is 1. The lowest BCUT2D eigenvalue weighted by molar-refractivity contribution is -0.185. The van der Waals surface area contributed by atoms with Crippen LogP contribution >= 0.6 is 11.7 Å². The van der Waals surface area contributed by atoms with Crippen molar-refractivity contribution in [3.63, 3.8) is 0 Å². The summed E-state index contributed by atoms with van der Waals surface area (Å²) in [6, 6.07) is 13.8. The summed E-state index contributed by atoms with van der Waals surface area (Å²) in [7, 11) is 7.50. The van der Waals surface area contributed by atoms with Crippen molar-refractivity contribution in [1.29, 1.82) is 0 Å². The molecule has 1 atom stereocenters. The summed E-state index contributed by atoms with van der Waals surface area (Å²) < 4.78 is 41.6. The summed E-state index contributed by atoms with van der Waals surface area (Å²) >= 11 is 1.08. The first-order chi connectivity index (χ1) is 18.9. The first-order valence-electron chi connectivity index (χ1n) is 11.8. The Morgan fingerprint density at radius 1 is 0.795 bits per heavy atom. The van der Waals surface area contributed by atoms with Gasteiger partial charge in [-0.1, -0.05) is 12.1 Å². The molecule has 3 aromatic carbocycles. The number of hydrogen-bond donors (Lipinski definition) is 1. The van der Waals surface area contributed by atoms with Gasteiger partial charge in [-0.15, -0.1) is 0 Å². The third-order valence-electron chi connectivity index (χ3n) is 6.58. The Kier molecular flexibility index (Phi) is 7.02. The number of aromatic nitrogens is 2. The van der Waals surface area contributed by atoms with Gasteiger partial charge < -0.3 is 33.5 Å². The molecule has 1 aliphatic heterocycles. The molecule has 0 saturated heterocycles. The normalized spacial score (nSPS) is 16.8. The van der Waals surface area contributed by atoms with Crippen LogP contribution in [0.5, 0.6) is 28.7 Å². The van der Waals surface area contributed by atoms with Crippen molar-refractivity contribution in [2.45, 2.75) is 12.2 Å². The zero-order valence-corrected chi connectivity index (χ0v) is 22.8. The second kappa shape index (κ2) is 10.4. The van der Waals surface area contributed by atoms with Gasteiger partial charge in [0.2, 0.25) is 5.75 Å². The minimum Gasteiger partial charge on any atom is -0.493 e. The van der Waals surface area contributed by atoms with Crippen molar-refractivity contribution in [2.75, 3.05) is 35.5 Å². The predicted octanol–water partition coefficient (Wildman–Crippen LogP) is 4.13. The number of aliphatic hydroxyl groups is 1. The maximum atomic E-state index is 13.5. The van der Waals surface area contributed by atoms with Gasteiger partial charge in [0.1, 0.15) is 11.0 Å². The fourth-order valence-electron chi connectivity index (χ4n) is 4.68. The van der Waals surface area contributed by atoms with Gasteiger partial charge in [0.15, 0.2) is 23.0 Å². The smallest absolute Gasteiger partial charge is 0.342 e. The van der Waals surface area contributed by atoms with E-state index in [1.807, 2.05) is 6.07 Å². The summed E-state index contributed by atoms with van der Waals surface area (Å²) in [5.41, 5.74) is 3.39. The van der Waals surface area contributed by atoms with Crippen LogP contribution in [0.15, 0.2) is 54.1 Å². The van der Waals surface area contributed by atoms with Crippen molar-refractivity contribution in [2.24, 2.45) is 0 Å². The summed E-state index contributed by atoms with van der Waals surface area (Å²) in [6.07, 6.45) is 0.141. The standard InChI is InChI=1S/C28H26N2O8S/c1-33-21-9-6-15(11-22(21)34-2)10-18-25(16-7-8-19-20(12-16)30-39-29-19)27(31)38-28(18,32)17-13-23(35-3)26(37-5)24(14-17)36-4/h6-9,11-14,32H,10H2,1-5H3. The van der Waals surface area contributed by atoms with Crippen LogP contribution in [0.25, 0.3) is 16.6 Å². The van der Waals surface area contributed by atoms with Crippen LogP contribution in [0.1, 0.15) is 16.7 Å². The van der Waals surface area contributed by atoms with Crippen LogP contribution in [0.3, 0.4) is 0 Å². The van der Waals surface area contributed by atoms with Crippen molar-refractivity contribution < 1.29 is 38.3 Å². The monoisotopic (exact) mass is 550 g/mol. The second-order valence-electron chi connectivity index (χ2n) is 8.63. The summed E-state index contributed by atoms with van der Waals surface area (Å²) in [4.78, 5) is 13.5. The molecule has 202 valence electrons. The molecule has 0 bridgehead atoms. The van der Waals surface area contributed by atoms with Crippen LogP contribution in [-0.2, 0) is 21.7 Å². The minimum atomic E-state index is -2.15. The van der Waals surface area contributed by atoms with Crippen molar-refractivity contribution >= 4 is 34.3 Å². The zero-order chi connectivity index (χ0) is 27.7. The van der Waals surface area contributed by atoms with E-state index in [0.717, 1.165) is 17.3 Å². The molecule has 0 amide bonds. The molecule has 0 fully saturated rings. The third-order valence-corrected chi connectivity index (χ3v) is 7.14. The van der Waals surface area contributed by atoms with Crippen molar-refractivity contribution in [3.05, 3.63) is 70.8 Å². The molecule has 1 aliphatic rings. The predicted molar refractivity (Wildman–Crippen MR) is 144 cm³/mol. The SMILES string of the molecule is COc1ccc(CC2=C(c3ccc4nsnc4c3)C(=O)OC2(O)c2cc(OC)c(OC)c(OC)c2)cc1OC. The molecular formula is C28H26N2O8S. The number of benzene rings is 3. The maximum absolute atomic E-state index is 13.5. The molecule has 1 N–H and O–H groups in total. The number of cyclic esters (lactones) is 1. The topological polar surface area (TPSA) is 118 Å². The van der Waals surface area contributed by atoms with Crippen LogP contribution in [0.2, 0.25) is 0 Å². The molecule has 0 radical (unpaired) electrons. The van der Waals surface area contributed by atoms with Crippen molar-refractivity contribution in [3.8, 4) is 28.7 Å². The molecule has 0 saturated carbocycles. The van der Waals surface area contributed by atoms with E-state index in [9.17, 15) is 9.90 Å². The Balaban J connectivity index is 1.73. The molecule has 2 heterocycles. The van der Waals surface area contributed by atoms with E-state index in [4.69, 9.17) is 28.4 Å². The van der Waals surface area contributed by atoms with E-state index >= 15 is 0 Å². The first-order valence-corrected chi connectivity index (χ1v) is 12.5. The Hall–Kier alpha value is -4.35. The molecule has 0 aliphatic carbocycles. The lowest BCUT2D eigenvalue weighted by atomic mass is 9.87. The molecule has 0 spiro atoms. The summed E-state index contributed by atoms with van der Waals surface area (Å²) in [5, 5.41) is 12.2. The van der Waals surface area contributed by atoms with Crippen LogP contribution in [0, 0.1) is 0 Å². The second-order valence-corrected chi connectivity index (χ2v) is 9.16. The van der Waals surface area contributed by atoms with Gasteiger partial charge in [-0.05, 0) is 47.5 Å². The molecule has 1 aromatic heterocycles. The van der Waals surface area contributed by atoms with E-state index in [-0.39, 0.29) is 17.6 Å². The van der Waals surface area contributed by atoms with E-state index < -0.39 is 11.8 Å². The van der Waals surface area contributed by atoms with E-state index in [0.29, 0.717) is 50.9 Å². The van der Waals surface area contributed by atoms with Gasteiger partial charge in [-0.2, -0.15) is 8.75 Å². The van der Waals surface area contributed by atoms with Crippen LogP contribution < -0.4 is 23.7 Å². The molecule has 1 unspecified atom stereocenters. The average molecular weight is 551 g/mol. The molecule has 39 heavy (non-hydrogen) atoms. The largest absolute Gasteiger partial charge is 0.493 e. The molecule has 4 aromatic rings. The number of rotatable bonds is 9. The Morgan fingerprint density at radius 2 is 1.46 bits per heavy atom. The van der Waals surface area contributed by atoms with Crippen molar-refractivity contribution in [1.82, 2.24) is 8.75 Å². The van der Waals surface area contributed by atoms with Gasteiger partial charge in [0.25, 0.3) is 5.79 Å². The van der Waals surface area contributed by atoms with Crippen LogP contribution in [-0.4, -0.2) is 55.4 Å². The number of fused-ring (bicyclic) bond motifs is 1. The highest BCUT2D eigenvalue weighted by atomic mass is 32.1. The number of esters is 1. The molecule has 5 rings (SSSR count). The van der Waals surface area contributed by atoms with E-state index in [1.165, 1.54) is 28.4 Å². The fraction of sp³-hybridized carbons (Fsp3) is 0.250. The lowest BCUT2D eigenvalue weighted by Gasteiger charge is -2.27. The summed E-state index contributed by atoms with van der Waals surface area (Å²) in [6.45, 7) is 0. The van der Waals surface area contributed by atoms with E-state index in [2.05, 4.69) is 8.75 Å². The molecule has 10 nitrogen and oxygen atoms in total. The average Bonchev–Trinajstić information content (AvgIpc) is 3.53. The number of ether oxygens (including phenoxy) is 6. The third kappa shape index (κ3) is 4.49. The number of methoxy groups -OCH3 is 5. The minimum absolute atomic E-state index is 0.141. The Labute approximate surface area is 228 Å². The highest BCUT2D eigenvalue weighted by Crippen LogP contribution is 2.49. The Bertz CT molecular complexity index is 1570. The fourth-order valence-corrected chi connectivity index (χ4v) is 5.20. The van der Waals surface area contributed by atoms with E-state index in [1.54, 1.807) is 49.6 Å². The number of nitrogens with zero attached hydrogens (tertiary/aromatic N) is 2. The highest BCUT2D eigenvalue weighted by molar-refractivity contribution is 7.00. The number of carbonyl (C=O) groups excluding carboxylic acids is 1. The zero-order valence-electron chi connectivity index (χ0n) is 21.9. The molecular weight excluding hydrogens is 524 g/mol. The van der Waals surface area contributed by atoms with Gasteiger partial charge in [0, 0.05) is 17.6 Å². The van der Waals surface area contributed by atoms with Crippen LogP contribution in [0.4, 0.5) is 0 Å². The molecule has 11 heteroatoms. The number of hydrogen-bond acceptors (Lipinski definition) is 11.